The summed E-state index contributed by atoms with van der Waals surface area (Å²) in [5, 5.41) is 4.33. The van der Waals surface area contributed by atoms with Crippen molar-refractivity contribution in [2.45, 2.75) is 45.1 Å². The molecule has 2 aromatic carbocycles. The zero-order valence-corrected chi connectivity index (χ0v) is 16.6. The third-order valence-corrected chi connectivity index (χ3v) is 6.33. The van der Waals surface area contributed by atoms with Gasteiger partial charge in [0.1, 0.15) is 0 Å². The fourth-order valence-corrected chi connectivity index (χ4v) is 4.71. The van der Waals surface area contributed by atoms with Gasteiger partial charge in [-0.05, 0) is 38.7 Å². The molecule has 1 aliphatic carbocycles. The normalized spacial score (nSPS) is 15.2. The van der Waals surface area contributed by atoms with Gasteiger partial charge in [-0.15, -0.1) is 11.3 Å². The van der Waals surface area contributed by atoms with E-state index in [-0.39, 0.29) is 11.4 Å². The molecule has 0 spiro atoms. The lowest BCUT2D eigenvalue weighted by Crippen LogP contribution is -2.51. The summed E-state index contributed by atoms with van der Waals surface area (Å²) in [7, 11) is 0. The lowest BCUT2D eigenvalue weighted by molar-refractivity contribution is -0.123. The summed E-state index contributed by atoms with van der Waals surface area (Å²) in [5.74, 6) is 0.0792. The molecule has 138 valence electrons. The van der Waals surface area contributed by atoms with Gasteiger partial charge in [0.15, 0.2) is 0 Å². The van der Waals surface area contributed by atoms with Crippen molar-refractivity contribution >= 4 is 17.2 Å². The maximum atomic E-state index is 12.9. The first-order valence-corrected chi connectivity index (χ1v) is 10.3. The summed E-state index contributed by atoms with van der Waals surface area (Å²) in [6.45, 7) is 4.08. The van der Waals surface area contributed by atoms with Crippen LogP contribution in [0.5, 0.6) is 0 Å². The second-order valence-corrected chi connectivity index (χ2v) is 8.69. The van der Waals surface area contributed by atoms with Crippen LogP contribution in [0, 0.1) is 13.8 Å². The zero-order valence-electron chi connectivity index (χ0n) is 15.8. The highest BCUT2D eigenvalue weighted by Crippen LogP contribution is 2.41. The van der Waals surface area contributed by atoms with Gasteiger partial charge in [-0.2, -0.15) is 0 Å². The molecule has 3 nitrogen and oxygen atoms in total. The molecule has 1 aliphatic rings. The van der Waals surface area contributed by atoms with E-state index in [1.807, 2.05) is 25.1 Å². The van der Waals surface area contributed by atoms with Crippen LogP contribution in [-0.4, -0.2) is 10.9 Å². The van der Waals surface area contributed by atoms with E-state index in [9.17, 15) is 4.79 Å². The second-order valence-electron chi connectivity index (χ2n) is 7.40. The van der Waals surface area contributed by atoms with Gasteiger partial charge in [-0.1, -0.05) is 60.2 Å². The number of rotatable bonds is 5. The van der Waals surface area contributed by atoms with Crippen molar-refractivity contribution in [3.05, 3.63) is 75.6 Å². The van der Waals surface area contributed by atoms with Gasteiger partial charge in [0, 0.05) is 10.4 Å². The van der Waals surface area contributed by atoms with Crippen LogP contribution >= 0.6 is 11.3 Å². The van der Waals surface area contributed by atoms with Gasteiger partial charge in [0.05, 0.1) is 22.7 Å². The number of benzene rings is 2. The number of carbonyl (C=O) groups excluding carboxylic acids is 1. The summed E-state index contributed by atoms with van der Waals surface area (Å²) in [4.78, 5) is 18.6. The Hall–Kier alpha value is -2.46. The van der Waals surface area contributed by atoms with Crippen LogP contribution in [0.1, 0.15) is 40.3 Å². The van der Waals surface area contributed by atoms with E-state index in [1.165, 1.54) is 11.1 Å². The van der Waals surface area contributed by atoms with Crippen molar-refractivity contribution in [1.82, 2.24) is 10.3 Å². The monoisotopic (exact) mass is 376 g/mol. The Morgan fingerprint density at radius 2 is 1.78 bits per heavy atom. The first-order valence-electron chi connectivity index (χ1n) is 9.46. The van der Waals surface area contributed by atoms with Crippen LogP contribution in [-0.2, 0) is 16.8 Å². The lowest BCUT2D eigenvalue weighted by Gasteiger charge is -2.43. The van der Waals surface area contributed by atoms with Gasteiger partial charge in [0.2, 0.25) is 5.91 Å². The largest absolute Gasteiger partial charge is 0.346 e. The van der Waals surface area contributed by atoms with Crippen molar-refractivity contribution in [3.8, 4) is 11.3 Å². The lowest BCUT2D eigenvalue weighted by atomic mass is 9.71. The van der Waals surface area contributed by atoms with E-state index in [4.69, 9.17) is 4.98 Å². The highest BCUT2D eigenvalue weighted by Gasteiger charge is 2.39. The van der Waals surface area contributed by atoms with Crippen molar-refractivity contribution in [2.24, 2.45) is 0 Å². The molecule has 1 amide bonds. The van der Waals surface area contributed by atoms with Gasteiger partial charge in [0.25, 0.3) is 0 Å². The van der Waals surface area contributed by atoms with E-state index in [1.54, 1.807) is 11.3 Å². The summed E-state index contributed by atoms with van der Waals surface area (Å²) in [6.07, 6.45) is 3.55. The molecule has 0 saturated heterocycles. The highest BCUT2D eigenvalue weighted by molar-refractivity contribution is 7.12. The van der Waals surface area contributed by atoms with Crippen LogP contribution in [0.15, 0.2) is 54.6 Å². The molecule has 1 heterocycles. The molecule has 1 saturated carbocycles. The number of thiazole rings is 1. The van der Waals surface area contributed by atoms with E-state index in [0.29, 0.717) is 6.42 Å². The number of hydrogen-bond donors (Lipinski definition) is 1. The average molecular weight is 377 g/mol. The number of carbonyl (C=O) groups is 1. The summed E-state index contributed by atoms with van der Waals surface area (Å²) < 4.78 is 0. The Balaban J connectivity index is 1.54. The van der Waals surface area contributed by atoms with Crippen molar-refractivity contribution in [3.63, 3.8) is 0 Å². The standard InChI is InChI=1S/C23H24N2OS/c1-16-9-11-18(12-10-16)22-20(27-17(2)24-22)15-21(26)25-23(13-6-14-23)19-7-4-3-5-8-19/h3-5,7-12H,6,13-15H2,1-2H3,(H,25,26). The van der Waals surface area contributed by atoms with Gasteiger partial charge in [-0.25, -0.2) is 4.98 Å². The van der Waals surface area contributed by atoms with Gasteiger partial charge < -0.3 is 5.32 Å². The van der Waals surface area contributed by atoms with E-state index < -0.39 is 0 Å². The smallest absolute Gasteiger partial charge is 0.226 e. The molecule has 0 bridgehead atoms. The Morgan fingerprint density at radius 1 is 1.07 bits per heavy atom. The topological polar surface area (TPSA) is 42.0 Å². The third kappa shape index (κ3) is 3.67. The molecule has 1 fully saturated rings. The molecule has 1 N–H and O–H groups in total. The van der Waals surface area contributed by atoms with Crippen molar-refractivity contribution < 1.29 is 4.79 Å². The number of hydrogen-bond acceptors (Lipinski definition) is 3. The van der Waals surface area contributed by atoms with Crippen LogP contribution in [0.25, 0.3) is 11.3 Å². The molecule has 0 radical (unpaired) electrons. The SMILES string of the molecule is Cc1ccc(-c2nc(C)sc2CC(=O)NC2(c3ccccc3)CCC2)cc1. The summed E-state index contributed by atoms with van der Waals surface area (Å²) >= 11 is 1.62. The first-order chi connectivity index (χ1) is 13.1. The maximum Gasteiger partial charge on any atom is 0.226 e. The van der Waals surface area contributed by atoms with Crippen LogP contribution in [0.3, 0.4) is 0 Å². The van der Waals surface area contributed by atoms with E-state index in [0.717, 1.165) is 40.4 Å². The molecular formula is C23H24N2OS. The van der Waals surface area contributed by atoms with E-state index >= 15 is 0 Å². The summed E-state index contributed by atoms with van der Waals surface area (Å²) in [5.41, 5.74) is 4.26. The Labute approximate surface area is 164 Å². The average Bonchev–Trinajstić information content (AvgIpc) is 2.99. The second kappa shape index (κ2) is 7.28. The zero-order chi connectivity index (χ0) is 18.9. The Bertz CT molecular complexity index is 940. The predicted molar refractivity (Wildman–Crippen MR) is 111 cm³/mol. The van der Waals surface area contributed by atoms with Crippen LogP contribution in [0.4, 0.5) is 0 Å². The first kappa shape index (κ1) is 17.9. The molecule has 4 heteroatoms. The van der Waals surface area contributed by atoms with Crippen molar-refractivity contribution in [1.29, 1.82) is 0 Å². The molecule has 27 heavy (non-hydrogen) atoms. The molecule has 0 atom stereocenters. The van der Waals surface area contributed by atoms with Crippen molar-refractivity contribution in [2.75, 3.05) is 0 Å². The minimum absolute atomic E-state index is 0.0792. The Morgan fingerprint density at radius 3 is 2.41 bits per heavy atom. The summed E-state index contributed by atoms with van der Waals surface area (Å²) in [6, 6.07) is 18.7. The molecule has 1 aromatic heterocycles. The molecular weight excluding hydrogens is 352 g/mol. The van der Waals surface area contributed by atoms with Gasteiger partial charge >= 0.3 is 0 Å². The molecule has 0 aliphatic heterocycles. The van der Waals surface area contributed by atoms with Crippen LogP contribution < -0.4 is 5.32 Å². The number of aryl methyl sites for hydroxylation is 2. The minimum Gasteiger partial charge on any atom is -0.346 e. The fraction of sp³-hybridized carbons (Fsp3) is 0.304. The van der Waals surface area contributed by atoms with Crippen LogP contribution in [0.2, 0.25) is 0 Å². The maximum absolute atomic E-state index is 12.9. The number of nitrogens with zero attached hydrogens (tertiary/aromatic N) is 1. The number of aromatic nitrogens is 1. The predicted octanol–water partition coefficient (Wildman–Crippen LogP) is 5.17. The molecule has 3 aromatic rings. The quantitative estimate of drug-likeness (QED) is 0.668. The fourth-order valence-electron chi connectivity index (χ4n) is 3.76. The number of nitrogens with one attached hydrogen (secondary N) is 1. The Kier molecular flexibility index (Phi) is 4.83. The minimum atomic E-state index is -0.192. The van der Waals surface area contributed by atoms with E-state index in [2.05, 4.69) is 48.6 Å². The highest BCUT2D eigenvalue weighted by atomic mass is 32.1. The third-order valence-electron chi connectivity index (χ3n) is 5.36. The molecule has 4 rings (SSSR count). The number of amides is 1. The van der Waals surface area contributed by atoms with Gasteiger partial charge in [-0.3, -0.25) is 4.79 Å². The molecule has 0 unspecified atom stereocenters.